The van der Waals surface area contributed by atoms with Gasteiger partial charge >= 0.3 is 0 Å². The number of unbranched alkanes of at least 4 members (excludes halogenated alkanes) is 4. The van der Waals surface area contributed by atoms with Gasteiger partial charge in [-0.25, -0.2) is 0 Å². The Bertz CT molecular complexity index is 133. The highest BCUT2D eigenvalue weighted by molar-refractivity contribution is 4.72. The van der Waals surface area contributed by atoms with Crippen molar-refractivity contribution < 1.29 is 0 Å². The van der Waals surface area contributed by atoms with E-state index in [1.165, 1.54) is 64.5 Å². The van der Waals surface area contributed by atoms with Gasteiger partial charge in [-0.3, -0.25) is 0 Å². The summed E-state index contributed by atoms with van der Waals surface area (Å²) >= 11 is 0. The first kappa shape index (κ1) is 12.0. The molecule has 0 aromatic heterocycles. The number of piperidine rings is 1. The van der Waals surface area contributed by atoms with E-state index in [0.717, 1.165) is 6.04 Å². The van der Waals surface area contributed by atoms with Crippen LogP contribution in [0.3, 0.4) is 0 Å². The fourth-order valence-electron chi connectivity index (χ4n) is 2.41. The summed E-state index contributed by atoms with van der Waals surface area (Å²) in [6.45, 7) is 7.39. The van der Waals surface area contributed by atoms with Gasteiger partial charge in [-0.2, -0.15) is 0 Å². The van der Waals surface area contributed by atoms with Crippen LogP contribution in [0.15, 0.2) is 0 Å². The zero-order valence-corrected chi connectivity index (χ0v) is 10.1. The topological polar surface area (TPSA) is 3.24 Å². The maximum atomic E-state index is 2.69. The van der Waals surface area contributed by atoms with Gasteiger partial charge in [0.2, 0.25) is 0 Å². The minimum absolute atomic E-state index is 0.856. The molecule has 1 atom stereocenters. The van der Waals surface area contributed by atoms with Crippen molar-refractivity contribution in [2.75, 3.05) is 13.1 Å². The van der Waals surface area contributed by atoms with E-state index in [9.17, 15) is 0 Å². The van der Waals surface area contributed by atoms with Gasteiger partial charge in [-0.15, -0.1) is 0 Å². The van der Waals surface area contributed by atoms with Gasteiger partial charge in [0.05, 0.1) is 0 Å². The SMILES string of the molecule is CCCCCCCN1CCCCC1C. The summed E-state index contributed by atoms with van der Waals surface area (Å²) in [5, 5.41) is 0. The van der Waals surface area contributed by atoms with Gasteiger partial charge in [-0.1, -0.05) is 39.0 Å². The maximum Gasteiger partial charge on any atom is 0.00669 e. The zero-order valence-electron chi connectivity index (χ0n) is 10.1. The second kappa shape index (κ2) is 7.28. The van der Waals surface area contributed by atoms with Gasteiger partial charge in [0, 0.05) is 6.04 Å². The average Bonchev–Trinajstić information content (AvgIpc) is 2.20. The lowest BCUT2D eigenvalue weighted by Crippen LogP contribution is -2.37. The Morgan fingerprint density at radius 3 is 2.57 bits per heavy atom. The Morgan fingerprint density at radius 1 is 1.07 bits per heavy atom. The Balaban J connectivity index is 1.99. The molecule has 0 saturated carbocycles. The third-order valence-electron chi connectivity index (χ3n) is 3.49. The largest absolute Gasteiger partial charge is 0.301 e. The number of nitrogens with zero attached hydrogens (tertiary/aromatic N) is 1. The number of likely N-dealkylation sites (tertiary alicyclic amines) is 1. The summed E-state index contributed by atoms with van der Waals surface area (Å²) in [5.74, 6) is 0. The Kier molecular flexibility index (Phi) is 6.25. The molecule has 1 nitrogen and oxygen atoms in total. The molecule has 1 aliphatic rings. The van der Waals surface area contributed by atoms with Crippen molar-refractivity contribution in [1.82, 2.24) is 4.90 Å². The highest BCUT2D eigenvalue weighted by Gasteiger charge is 2.16. The fraction of sp³-hybridized carbons (Fsp3) is 1.00. The van der Waals surface area contributed by atoms with E-state index in [-0.39, 0.29) is 0 Å². The van der Waals surface area contributed by atoms with Crippen LogP contribution in [0.5, 0.6) is 0 Å². The van der Waals surface area contributed by atoms with Crippen molar-refractivity contribution in [3.63, 3.8) is 0 Å². The summed E-state index contributed by atoms with van der Waals surface area (Å²) in [6.07, 6.45) is 11.4. The highest BCUT2D eigenvalue weighted by Crippen LogP contribution is 2.17. The first-order chi connectivity index (χ1) is 6.84. The van der Waals surface area contributed by atoms with Crippen LogP contribution < -0.4 is 0 Å². The summed E-state index contributed by atoms with van der Waals surface area (Å²) in [7, 11) is 0. The molecule has 1 heterocycles. The lowest BCUT2D eigenvalue weighted by atomic mass is 10.0. The van der Waals surface area contributed by atoms with Gasteiger partial charge in [0.25, 0.3) is 0 Å². The van der Waals surface area contributed by atoms with E-state index in [1.54, 1.807) is 0 Å². The predicted octanol–water partition coefficient (Wildman–Crippen LogP) is 3.83. The molecule has 1 aliphatic heterocycles. The van der Waals surface area contributed by atoms with E-state index < -0.39 is 0 Å². The summed E-state index contributed by atoms with van der Waals surface area (Å²) in [4.78, 5) is 2.69. The lowest BCUT2D eigenvalue weighted by molar-refractivity contribution is 0.157. The van der Waals surface area contributed by atoms with Crippen molar-refractivity contribution >= 4 is 0 Å². The van der Waals surface area contributed by atoms with Crippen molar-refractivity contribution in [2.45, 2.75) is 71.3 Å². The van der Waals surface area contributed by atoms with Crippen LogP contribution in [0.2, 0.25) is 0 Å². The highest BCUT2D eigenvalue weighted by atomic mass is 15.1. The number of rotatable bonds is 6. The maximum absolute atomic E-state index is 2.69. The molecule has 0 aromatic carbocycles. The molecule has 0 bridgehead atoms. The Morgan fingerprint density at radius 2 is 1.86 bits per heavy atom. The van der Waals surface area contributed by atoms with E-state index >= 15 is 0 Å². The van der Waals surface area contributed by atoms with Crippen LogP contribution in [0.4, 0.5) is 0 Å². The second-order valence-corrected chi connectivity index (χ2v) is 4.79. The van der Waals surface area contributed by atoms with Gasteiger partial charge < -0.3 is 4.90 Å². The lowest BCUT2D eigenvalue weighted by Gasteiger charge is -2.33. The molecule has 0 spiro atoms. The summed E-state index contributed by atoms with van der Waals surface area (Å²) in [6, 6.07) is 0.856. The van der Waals surface area contributed by atoms with Gasteiger partial charge in [0.1, 0.15) is 0 Å². The van der Waals surface area contributed by atoms with Crippen molar-refractivity contribution in [1.29, 1.82) is 0 Å². The standard InChI is InChI=1S/C13H27N/c1-3-4-5-6-8-11-14-12-9-7-10-13(14)2/h13H,3-12H2,1-2H3. The summed E-state index contributed by atoms with van der Waals surface area (Å²) < 4.78 is 0. The molecule has 0 radical (unpaired) electrons. The Labute approximate surface area is 89.9 Å². The molecule has 1 rings (SSSR count). The molecular weight excluding hydrogens is 170 g/mol. The normalized spacial score (nSPS) is 24.0. The van der Waals surface area contributed by atoms with E-state index in [0.29, 0.717) is 0 Å². The Hall–Kier alpha value is -0.0400. The van der Waals surface area contributed by atoms with E-state index in [1.807, 2.05) is 0 Å². The number of hydrogen-bond donors (Lipinski definition) is 0. The molecule has 1 fully saturated rings. The van der Waals surface area contributed by atoms with E-state index in [2.05, 4.69) is 18.7 Å². The second-order valence-electron chi connectivity index (χ2n) is 4.79. The molecule has 0 aliphatic carbocycles. The molecule has 0 amide bonds. The molecule has 0 N–H and O–H groups in total. The quantitative estimate of drug-likeness (QED) is 0.585. The minimum Gasteiger partial charge on any atom is -0.301 e. The molecule has 1 unspecified atom stereocenters. The molecule has 14 heavy (non-hydrogen) atoms. The van der Waals surface area contributed by atoms with Crippen LogP contribution in [-0.4, -0.2) is 24.0 Å². The first-order valence-corrected chi connectivity index (χ1v) is 6.58. The summed E-state index contributed by atoms with van der Waals surface area (Å²) in [5.41, 5.74) is 0. The molecule has 84 valence electrons. The van der Waals surface area contributed by atoms with Gasteiger partial charge in [-0.05, 0) is 39.3 Å². The molecule has 0 aromatic rings. The van der Waals surface area contributed by atoms with E-state index in [4.69, 9.17) is 0 Å². The number of hydrogen-bond acceptors (Lipinski definition) is 1. The smallest absolute Gasteiger partial charge is 0.00669 e. The van der Waals surface area contributed by atoms with Crippen molar-refractivity contribution in [3.05, 3.63) is 0 Å². The van der Waals surface area contributed by atoms with Gasteiger partial charge in [0.15, 0.2) is 0 Å². The van der Waals surface area contributed by atoms with Crippen LogP contribution >= 0.6 is 0 Å². The van der Waals surface area contributed by atoms with Crippen LogP contribution in [-0.2, 0) is 0 Å². The van der Waals surface area contributed by atoms with Crippen molar-refractivity contribution in [2.24, 2.45) is 0 Å². The fourth-order valence-corrected chi connectivity index (χ4v) is 2.41. The van der Waals surface area contributed by atoms with Crippen LogP contribution in [0.1, 0.15) is 65.2 Å². The molecule has 1 saturated heterocycles. The zero-order chi connectivity index (χ0) is 10.2. The first-order valence-electron chi connectivity index (χ1n) is 6.58. The average molecular weight is 197 g/mol. The van der Waals surface area contributed by atoms with Crippen LogP contribution in [0, 0.1) is 0 Å². The predicted molar refractivity (Wildman–Crippen MR) is 63.6 cm³/mol. The third-order valence-corrected chi connectivity index (χ3v) is 3.49. The minimum atomic E-state index is 0.856. The monoisotopic (exact) mass is 197 g/mol. The molecular formula is C13H27N. The molecule has 1 heteroatoms. The van der Waals surface area contributed by atoms with Crippen molar-refractivity contribution in [3.8, 4) is 0 Å². The third kappa shape index (κ3) is 4.45. The van der Waals surface area contributed by atoms with Crippen LogP contribution in [0.25, 0.3) is 0 Å².